The van der Waals surface area contributed by atoms with Gasteiger partial charge in [0.1, 0.15) is 0 Å². The summed E-state index contributed by atoms with van der Waals surface area (Å²) in [5.41, 5.74) is 3.18. The first-order chi connectivity index (χ1) is 9.72. The monoisotopic (exact) mass is 285 g/mol. The van der Waals surface area contributed by atoms with Crippen molar-refractivity contribution in [2.24, 2.45) is 0 Å². The van der Waals surface area contributed by atoms with Gasteiger partial charge in [0.15, 0.2) is 0 Å². The van der Waals surface area contributed by atoms with Crippen LogP contribution in [-0.4, -0.2) is 12.5 Å². The number of amides is 1. The summed E-state index contributed by atoms with van der Waals surface area (Å²) in [6, 6.07) is 15.8. The number of likely N-dealkylation sites (N-methyl/N-ethyl adjacent to an activating group) is 1. The lowest BCUT2D eigenvalue weighted by Crippen LogP contribution is -2.29. The number of carbonyl (C=O) groups is 1. The van der Waals surface area contributed by atoms with Gasteiger partial charge in [-0.1, -0.05) is 48.0 Å². The quantitative estimate of drug-likeness (QED) is 0.834. The average Bonchev–Trinajstić information content (AvgIpc) is 2.74. The van der Waals surface area contributed by atoms with E-state index in [4.69, 9.17) is 11.6 Å². The van der Waals surface area contributed by atoms with Gasteiger partial charge in [-0.05, 0) is 36.6 Å². The number of rotatable bonds is 3. The van der Waals surface area contributed by atoms with Gasteiger partial charge in [0.25, 0.3) is 0 Å². The molecule has 1 aliphatic rings. The van der Waals surface area contributed by atoms with Crippen molar-refractivity contribution in [3.63, 3.8) is 0 Å². The zero-order chi connectivity index (χ0) is 14.1. The van der Waals surface area contributed by atoms with Crippen LogP contribution in [0.25, 0.3) is 0 Å². The van der Waals surface area contributed by atoms with Crippen LogP contribution in [0.3, 0.4) is 0 Å². The molecule has 0 N–H and O–H groups in total. The molecule has 0 unspecified atom stereocenters. The molecule has 0 bridgehead atoms. The summed E-state index contributed by atoms with van der Waals surface area (Å²) in [5, 5.41) is 0.729. The van der Waals surface area contributed by atoms with Crippen LogP contribution in [0.15, 0.2) is 48.5 Å². The first-order valence-electron chi connectivity index (χ1n) is 6.86. The molecule has 0 radical (unpaired) electrons. The topological polar surface area (TPSA) is 20.3 Å². The molecule has 0 saturated carbocycles. The lowest BCUT2D eigenvalue weighted by atomic mass is 9.93. The lowest BCUT2D eigenvalue weighted by molar-refractivity contribution is -0.119. The number of para-hydroxylation sites is 1. The van der Waals surface area contributed by atoms with Crippen molar-refractivity contribution >= 4 is 23.2 Å². The minimum Gasteiger partial charge on any atom is -0.312 e. The van der Waals surface area contributed by atoms with Crippen LogP contribution < -0.4 is 4.90 Å². The SMILES string of the molecule is CCN1C(=O)[C@@H](Cc2ccccc2Cl)c2ccccc21. The predicted octanol–water partition coefficient (Wildman–Crippen LogP) is 4.03. The van der Waals surface area contributed by atoms with Gasteiger partial charge in [-0.25, -0.2) is 0 Å². The first-order valence-corrected chi connectivity index (χ1v) is 7.24. The Bertz CT molecular complexity index is 653. The summed E-state index contributed by atoms with van der Waals surface area (Å²) < 4.78 is 0. The van der Waals surface area contributed by atoms with Crippen molar-refractivity contribution < 1.29 is 4.79 Å². The van der Waals surface area contributed by atoms with Crippen LogP contribution in [0.4, 0.5) is 5.69 Å². The maximum atomic E-state index is 12.6. The molecule has 1 atom stereocenters. The Kier molecular flexibility index (Phi) is 3.49. The summed E-state index contributed by atoms with van der Waals surface area (Å²) in [6.07, 6.45) is 0.659. The second-order valence-electron chi connectivity index (χ2n) is 4.99. The minimum atomic E-state index is -0.119. The first kappa shape index (κ1) is 13.2. The Balaban J connectivity index is 1.98. The van der Waals surface area contributed by atoms with Gasteiger partial charge < -0.3 is 4.90 Å². The van der Waals surface area contributed by atoms with Gasteiger partial charge in [0.2, 0.25) is 5.91 Å². The molecule has 0 aliphatic carbocycles. The van der Waals surface area contributed by atoms with E-state index >= 15 is 0 Å². The number of benzene rings is 2. The Hall–Kier alpha value is -1.80. The smallest absolute Gasteiger partial charge is 0.234 e. The highest BCUT2D eigenvalue weighted by molar-refractivity contribution is 6.31. The van der Waals surface area contributed by atoms with E-state index in [1.54, 1.807) is 0 Å². The standard InChI is InChI=1S/C17H16ClNO/c1-2-19-16-10-6-4-8-13(16)14(17(19)20)11-12-7-3-5-9-15(12)18/h3-10,14H,2,11H2,1H3/t14-/m0/s1. The molecule has 20 heavy (non-hydrogen) atoms. The third kappa shape index (κ3) is 2.10. The Morgan fingerprint density at radius 1 is 1.10 bits per heavy atom. The highest BCUT2D eigenvalue weighted by atomic mass is 35.5. The summed E-state index contributed by atoms with van der Waals surface area (Å²) in [5.74, 6) is 0.0552. The van der Waals surface area contributed by atoms with Crippen LogP contribution in [0, 0.1) is 0 Å². The molecular weight excluding hydrogens is 270 g/mol. The average molecular weight is 286 g/mol. The molecule has 0 aromatic heterocycles. The van der Waals surface area contributed by atoms with E-state index in [9.17, 15) is 4.79 Å². The van der Waals surface area contributed by atoms with Crippen molar-refractivity contribution in [3.05, 3.63) is 64.7 Å². The van der Waals surface area contributed by atoms with Crippen LogP contribution in [-0.2, 0) is 11.2 Å². The normalized spacial score (nSPS) is 17.4. The number of nitrogens with zero attached hydrogens (tertiary/aromatic N) is 1. The second-order valence-corrected chi connectivity index (χ2v) is 5.40. The summed E-state index contributed by atoms with van der Waals surface area (Å²) >= 11 is 6.22. The molecule has 1 aliphatic heterocycles. The number of anilines is 1. The Morgan fingerprint density at radius 2 is 1.80 bits per heavy atom. The van der Waals surface area contributed by atoms with Gasteiger partial charge >= 0.3 is 0 Å². The van der Waals surface area contributed by atoms with Crippen LogP contribution >= 0.6 is 11.6 Å². The number of hydrogen-bond acceptors (Lipinski definition) is 1. The van der Waals surface area contributed by atoms with Crippen LogP contribution in [0.1, 0.15) is 24.0 Å². The van der Waals surface area contributed by atoms with Crippen molar-refractivity contribution in [1.82, 2.24) is 0 Å². The molecule has 1 heterocycles. The van der Waals surface area contributed by atoms with E-state index < -0.39 is 0 Å². The minimum absolute atomic E-state index is 0.119. The molecular formula is C17H16ClNO. The van der Waals surface area contributed by atoms with E-state index in [1.165, 1.54) is 0 Å². The van der Waals surface area contributed by atoms with Crippen molar-refractivity contribution in [2.75, 3.05) is 11.4 Å². The molecule has 1 amide bonds. The maximum Gasteiger partial charge on any atom is 0.234 e. The zero-order valence-corrected chi connectivity index (χ0v) is 12.1. The largest absolute Gasteiger partial charge is 0.312 e. The summed E-state index contributed by atoms with van der Waals surface area (Å²) in [4.78, 5) is 14.4. The molecule has 0 spiro atoms. The number of carbonyl (C=O) groups excluding carboxylic acids is 1. The zero-order valence-electron chi connectivity index (χ0n) is 11.3. The fourth-order valence-corrected chi connectivity index (χ4v) is 3.09. The molecule has 2 nitrogen and oxygen atoms in total. The Labute approximate surface area is 124 Å². The molecule has 3 heteroatoms. The number of fused-ring (bicyclic) bond motifs is 1. The van der Waals surface area contributed by atoms with Gasteiger partial charge in [-0.2, -0.15) is 0 Å². The fourth-order valence-electron chi connectivity index (χ4n) is 2.88. The number of hydrogen-bond donors (Lipinski definition) is 0. The second kappa shape index (κ2) is 5.29. The summed E-state index contributed by atoms with van der Waals surface area (Å²) in [7, 11) is 0. The highest BCUT2D eigenvalue weighted by Crippen LogP contribution is 2.39. The number of halogens is 1. The van der Waals surface area contributed by atoms with Gasteiger partial charge in [0, 0.05) is 17.3 Å². The van der Waals surface area contributed by atoms with Crippen LogP contribution in [0.2, 0.25) is 5.02 Å². The third-order valence-electron chi connectivity index (χ3n) is 3.87. The molecule has 2 aromatic carbocycles. The molecule has 0 fully saturated rings. The van der Waals surface area contributed by atoms with Crippen molar-refractivity contribution in [3.8, 4) is 0 Å². The van der Waals surface area contributed by atoms with Crippen molar-refractivity contribution in [2.45, 2.75) is 19.3 Å². The third-order valence-corrected chi connectivity index (χ3v) is 4.23. The fraction of sp³-hybridized carbons (Fsp3) is 0.235. The highest BCUT2D eigenvalue weighted by Gasteiger charge is 2.36. The predicted molar refractivity (Wildman–Crippen MR) is 82.4 cm³/mol. The van der Waals surface area contributed by atoms with E-state index in [0.29, 0.717) is 13.0 Å². The lowest BCUT2D eigenvalue weighted by Gasteiger charge is -2.15. The molecule has 2 aromatic rings. The van der Waals surface area contributed by atoms with Crippen molar-refractivity contribution in [1.29, 1.82) is 0 Å². The van der Waals surface area contributed by atoms with E-state index in [2.05, 4.69) is 0 Å². The van der Waals surface area contributed by atoms with E-state index in [0.717, 1.165) is 21.8 Å². The van der Waals surface area contributed by atoms with Crippen LogP contribution in [0.5, 0.6) is 0 Å². The Morgan fingerprint density at radius 3 is 2.55 bits per heavy atom. The molecule has 102 valence electrons. The maximum absolute atomic E-state index is 12.6. The molecule has 3 rings (SSSR count). The van der Waals surface area contributed by atoms with Gasteiger partial charge in [0.05, 0.1) is 5.92 Å². The van der Waals surface area contributed by atoms with E-state index in [1.807, 2.05) is 60.4 Å². The summed E-state index contributed by atoms with van der Waals surface area (Å²) in [6.45, 7) is 2.71. The molecule has 0 saturated heterocycles. The van der Waals surface area contributed by atoms with Gasteiger partial charge in [-0.15, -0.1) is 0 Å². The van der Waals surface area contributed by atoms with E-state index in [-0.39, 0.29) is 11.8 Å². The van der Waals surface area contributed by atoms with Gasteiger partial charge in [-0.3, -0.25) is 4.79 Å².